The van der Waals surface area contributed by atoms with E-state index in [0.29, 0.717) is 29.3 Å². The maximum absolute atomic E-state index is 13.3. The first-order chi connectivity index (χ1) is 12.9. The quantitative estimate of drug-likeness (QED) is 0.742. The molecule has 1 aliphatic heterocycles. The van der Waals surface area contributed by atoms with Crippen LogP contribution in [0.25, 0.3) is 0 Å². The number of methoxy groups -OCH3 is 1. The van der Waals surface area contributed by atoms with Crippen LogP contribution in [-0.2, 0) is 25.6 Å². The first kappa shape index (κ1) is 20.0. The Hall–Kier alpha value is -1.74. The Morgan fingerprint density at radius 2 is 1.93 bits per heavy atom. The Labute approximate surface area is 163 Å². The fraction of sp³-hybridized carbons (Fsp3) is 0.368. The molecule has 3 rings (SSSR count). The van der Waals surface area contributed by atoms with Gasteiger partial charge in [0.25, 0.3) is 10.0 Å². The van der Waals surface area contributed by atoms with E-state index in [1.807, 2.05) is 24.3 Å². The van der Waals surface area contributed by atoms with Crippen molar-refractivity contribution in [1.82, 2.24) is 5.32 Å². The Morgan fingerprint density at radius 3 is 2.63 bits per heavy atom. The molecule has 0 fully saturated rings. The summed E-state index contributed by atoms with van der Waals surface area (Å²) in [5.74, 6) is 0. The summed E-state index contributed by atoms with van der Waals surface area (Å²) in [7, 11) is -1.81. The summed E-state index contributed by atoms with van der Waals surface area (Å²) in [6, 6.07) is 12.2. The standard InChI is InChI=1S/C19H24N2O4S2/c1-21-17-8-5-4-7-15(17)19(20-11-6-12-25-2)16-10-9-14(26(3)22)13-18(16)27(21,23)24/h4-5,7-10,13,19-20H,6,11-12H2,1-3H3. The number of hydrogen-bond acceptors (Lipinski definition) is 5. The van der Waals surface area contributed by atoms with Gasteiger partial charge in [-0.2, -0.15) is 0 Å². The molecule has 0 saturated carbocycles. The number of benzene rings is 2. The summed E-state index contributed by atoms with van der Waals surface area (Å²) < 4.78 is 44.9. The molecule has 0 bridgehead atoms. The summed E-state index contributed by atoms with van der Waals surface area (Å²) in [5, 5.41) is 3.47. The van der Waals surface area contributed by atoms with Gasteiger partial charge in [-0.15, -0.1) is 0 Å². The minimum absolute atomic E-state index is 0.193. The molecule has 27 heavy (non-hydrogen) atoms. The molecule has 0 amide bonds. The van der Waals surface area contributed by atoms with Crippen molar-refractivity contribution in [3.8, 4) is 0 Å². The van der Waals surface area contributed by atoms with Crippen molar-refractivity contribution in [3.05, 3.63) is 53.6 Å². The van der Waals surface area contributed by atoms with Crippen molar-refractivity contribution in [2.45, 2.75) is 22.3 Å². The summed E-state index contributed by atoms with van der Waals surface area (Å²) in [6.45, 7) is 1.30. The van der Waals surface area contributed by atoms with Crippen LogP contribution in [0.5, 0.6) is 0 Å². The van der Waals surface area contributed by atoms with E-state index in [2.05, 4.69) is 5.32 Å². The molecule has 0 aromatic heterocycles. The fourth-order valence-corrected chi connectivity index (χ4v) is 5.40. The molecule has 1 heterocycles. The first-order valence-electron chi connectivity index (χ1n) is 8.65. The molecule has 2 aromatic carbocycles. The van der Waals surface area contributed by atoms with Crippen molar-refractivity contribution < 1.29 is 17.4 Å². The minimum atomic E-state index is -3.76. The van der Waals surface area contributed by atoms with E-state index in [4.69, 9.17) is 4.74 Å². The highest BCUT2D eigenvalue weighted by Gasteiger charge is 2.35. The second-order valence-corrected chi connectivity index (χ2v) is 9.74. The monoisotopic (exact) mass is 408 g/mol. The lowest BCUT2D eigenvalue weighted by atomic mass is 9.97. The molecule has 0 radical (unpaired) electrons. The number of nitrogens with zero attached hydrogens (tertiary/aromatic N) is 1. The van der Waals surface area contributed by atoms with Crippen molar-refractivity contribution in [1.29, 1.82) is 0 Å². The lowest BCUT2D eigenvalue weighted by Crippen LogP contribution is -2.26. The zero-order valence-electron chi connectivity index (χ0n) is 15.6. The summed E-state index contributed by atoms with van der Waals surface area (Å²) in [6.07, 6.45) is 2.36. The van der Waals surface area contributed by atoms with E-state index in [1.54, 1.807) is 32.5 Å². The van der Waals surface area contributed by atoms with Gasteiger partial charge in [0.15, 0.2) is 0 Å². The highest BCUT2D eigenvalue weighted by atomic mass is 32.2. The van der Waals surface area contributed by atoms with Crippen molar-refractivity contribution in [2.24, 2.45) is 0 Å². The van der Waals surface area contributed by atoms with Crippen molar-refractivity contribution >= 4 is 26.5 Å². The van der Waals surface area contributed by atoms with Crippen molar-refractivity contribution in [3.63, 3.8) is 0 Å². The van der Waals surface area contributed by atoms with Gasteiger partial charge in [-0.25, -0.2) is 8.42 Å². The van der Waals surface area contributed by atoms with Gasteiger partial charge in [0.1, 0.15) is 0 Å². The molecule has 0 aliphatic carbocycles. The van der Waals surface area contributed by atoms with E-state index in [0.717, 1.165) is 12.0 Å². The van der Waals surface area contributed by atoms with Gasteiger partial charge in [-0.1, -0.05) is 24.3 Å². The number of fused-ring (bicyclic) bond motifs is 2. The van der Waals surface area contributed by atoms with Crippen LogP contribution in [-0.4, -0.2) is 46.2 Å². The van der Waals surface area contributed by atoms with E-state index in [-0.39, 0.29) is 10.9 Å². The summed E-state index contributed by atoms with van der Waals surface area (Å²) in [5.41, 5.74) is 2.20. The number of hydrogen-bond donors (Lipinski definition) is 1. The van der Waals surface area contributed by atoms with Crippen LogP contribution >= 0.6 is 0 Å². The smallest absolute Gasteiger partial charge is 0.264 e. The SMILES string of the molecule is COCCCNC1c2ccccc2N(C)S(=O)(=O)c2cc(S(C)=O)ccc21. The third-order valence-corrected chi connectivity index (χ3v) is 7.47. The Bertz CT molecular complexity index is 960. The number of nitrogens with one attached hydrogen (secondary N) is 1. The van der Waals surface area contributed by atoms with Crippen LogP contribution in [0.15, 0.2) is 52.3 Å². The lowest BCUT2D eigenvalue weighted by Gasteiger charge is -2.22. The van der Waals surface area contributed by atoms with Crippen LogP contribution < -0.4 is 9.62 Å². The van der Waals surface area contributed by atoms with Gasteiger partial charge in [-0.3, -0.25) is 8.51 Å². The molecule has 6 nitrogen and oxygen atoms in total. The molecule has 146 valence electrons. The minimum Gasteiger partial charge on any atom is -0.385 e. The largest absolute Gasteiger partial charge is 0.385 e. The Morgan fingerprint density at radius 1 is 1.19 bits per heavy atom. The van der Waals surface area contributed by atoms with Gasteiger partial charge >= 0.3 is 0 Å². The Kier molecular flexibility index (Phi) is 6.00. The average Bonchev–Trinajstić information content (AvgIpc) is 2.73. The third-order valence-electron chi connectivity index (χ3n) is 4.73. The van der Waals surface area contributed by atoms with E-state index in [1.165, 1.54) is 10.4 Å². The maximum atomic E-state index is 13.3. The Balaban J connectivity index is 2.18. The van der Waals surface area contributed by atoms with Gasteiger partial charge in [0, 0.05) is 42.7 Å². The van der Waals surface area contributed by atoms with Crippen LogP contribution in [0, 0.1) is 0 Å². The second-order valence-electron chi connectivity index (χ2n) is 6.42. The van der Waals surface area contributed by atoms with Crippen LogP contribution in [0.4, 0.5) is 5.69 Å². The molecule has 2 unspecified atom stereocenters. The second kappa shape index (κ2) is 8.10. The highest BCUT2D eigenvalue weighted by molar-refractivity contribution is 7.93. The molecular weight excluding hydrogens is 384 g/mol. The van der Waals surface area contributed by atoms with Crippen molar-refractivity contribution in [2.75, 3.05) is 37.9 Å². The van der Waals surface area contributed by atoms with E-state index in [9.17, 15) is 12.6 Å². The molecule has 2 aromatic rings. The summed E-state index contributed by atoms with van der Waals surface area (Å²) in [4.78, 5) is 0.688. The molecule has 2 atom stereocenters. The molecule has 0 saturated heterocycles. The number of ether oxygens (including phenoxy) is 1. The van der Waals surface area contributed by atoms with Gasteiger partial charge in [-0.05, 0) is 42.3 Å². The number of sulfonamides is 1. The zero-order valence-corrected chi connectivity index (χ0v) is 17.3. The predicted molar refractivity (Wildman–Crippen MR) is 107 cm³/mol. The third kappa shape index (κ3) is 3.80. The molecule has 8 heteroatoms. The maximum Gasteiger partial charge on any atom is 0.264 e. The van der Waals surface area contributed by atoms with Gasteiger partial charge < -0.3 is 10.1 Å². The first-order valence-corrected chi connectivity index (χ1v) is 11.6. The highest BCUT2D eigenvalue weighted by Crippen LogP contribution is 2.40. The van der Waals surface area contributed by atoms with Crippen LogP contribution in [0.1, 0.15) is 23.6 Å². The fourth-order valence-electron chi connectivity index (χ4n) is 3.30. The number of rotatable bonds is 6. The number of para-hydroxylation sites is 1. The summed E-state index contributed by atoms with van der Waals surface area (Å²) >= 11 is 0. The van der Waals surface area contributed by atoms with Crippen LogP contribution in [0.3, 0.4) is 0 Å². The molecule has 1 N–H and O–H groups in total. The number of anilines is 1. The van der Waals surface area contributed by atoms with E-state index < -0.39 is 20.8 Å². The lowest BCUT2D eigenvalue weighted by molar-refractivity contribution is 0.193. The normalized spacial score (nSPS) is 19.1. The van der Waals surface area contributed by atoms with Gasteiger partial charge in [0.05, 0.1) is 16.6 Å². The van der Waals surface area contributed by atoms with Crippen LogP contribution in [0.2, 0.25) is 0 Å². The molecule has 1 aliphatic rings. The topological polar surface area (TPSA) is 75.7 Å². The zero-order chi connectivity index (χ0) is 19.6. The predicted octanol–water partition coefficient (Wildman–Crippen LogP) is 2.28. The molecule has 0 spiro atoms. The molecular formula is C19H24N2O4S2. The average molecular weight is 409 g/mol. The van der Waals surface area contributed by atoms with E-state index >= 15 is 0 Å². The van der Waals surface area contributed by atoms with Gasteiger partial charge in [0.2, 0.25) is 0 Å².